The number of benzene rings is 1. The Kier molecular flexibility index (Phi) is 3.09. The van der Waals surface area contributed by atoms with E-state index in [-0.39, 0.29) is 0 Å². The van der Waals surface area contributed by atoms with Gasteiger partial charge in [0.1, 0.15) is 12.1 Å². The van der Waals surface area contributed by atoms with Crippen LogP contribution in [0.5, 0.6) is 0 Å². The molecule has 1 aromatic rings. The molecular weight excluding hydrogens is 202 g/mol. The maximum atomic E-state index is 9.05. The van der Waals surface area contributed by atoms with Gasteiger partial charge in [-0.2, -0.15) is 25.9 Å². The lowest BCUT2D eigenvalue weighted by Gasteiger charge is -2.22. The van der Waals surface area contributed by atoms with Crippen molar-refractivity contribution >= 4 is 0 Å². The Bertz CT molecular complexity index is 507. The standard InChI is InChI=1S/C11H5N5/c12-6-11(7-13,16(8-14)9-15)10-4-2-1-3-5-10/h1-5H. The Morgan fingerprint density at radius 1 is 0.875 bits per heavy atom. The van der Waals surface area contributed by atoms with Crippen LogP contribution in [0.1, 0.15) is 5.56 Å². The molecule has 0 aliphatic carbocycles. The minimum absolute atomic E-state index is 0.295. The van der Waals surface area contributed by atoms with Crippen LogP contribution in [0, 0.1) is 45.6 Å². The van der Waals surface area contributed by atoms with E-state index in [1.807, 2.05) is 0 Å². The molecule has 1 aromatic carbocycles. The van der Waals surface area contributed by atoms with Gasteiger partial charge in [0.05, 0.1) is 0 Å². The average molecular weight is 207 g/mol. The molecule has 0 saturated heterocycles. The molecule has 0 spiro atoms. The first kappa shape index (κ1) is 11.1. The molecule has 5 heteroatoms. The molecule has 16 heavy (non-hydrogen) atoms. The molecule has 0 aliphatic heterocycles. The monoisotopic (exact) mass is 207 g/mol. The van der Waals surface area contributed by atoms with Gasteiger partial charge >= 0.3 is 0 Å². The van der Waals surface area contributed by atoms with E-state index >= 15 is 0 Å². The minimum atomic E-state index is -1.88. The second kappa shape index (κ2) is 4.47. The molecule has 0 N–H and O–H groups in total. The van der Waals surface area contributed by atoms with E-state index in [1.165, 1.54) is 24.5 Å². The fraction of sp³-hybridized carbons (Fsp3) is 0.0909. The summed E-state index contributed by atoms with van der Waals surface area (Å²) in [7, 11) is 0. The van der Waals surface area contributed by atoms with Crippen molar-refractivity contribution in [1.29, 1.82) is 21.0 Å². The van der Waals surface area contributed by atoms with Crippen LogP contribution in [0.3, 0.4) is 0 Å². The molecule has 0 unspecified atom stereocenters. The smallest absolute Gasteiger partial charge is 0.194 e. The molecule has 1 rings (SSSR count). The molecule has 0 aliphatic rings. The maximum absolute atomic E-state index is 9.05. The van der Waals surface area contributed by atoms with Gasteiger partial charge in [-0.1, -0.05) is 30.3 Å². The number of hydrogen-bond acceptors (Lipinski definition) is 5. The maximum Gasteiger partial charge on any atom is 0.261 e. The van der Waals surface area contributed by atoms with Crippen molar-refractivity contribution in [2.75, 3.05) is 0 Å². The molecule has 0 heterocycles. The zero-order valence-electron chi connectivity index (χ0n) is 8.12. The van der Waals surface area contributed by atoms with Gasteiger partial charge in [0.25, 0.3) is 5.54 Å². The van der Waals surface area contributed by atoms with E-state index in [1.54, 1.807) is 30.3 Å². The predicted molar refractivity (Wildman–Crippen MR) is 52.4 cm³/mol. The molecule has 0 aromatic heterocycles. The third kappa shape index (κ3) is 1.50. The second-order valence-electron chi connectivity index (χ2n) is 2.84. The SMILES string of the molecule is N#CN(C#N)C(C#N)(C#N)c1ccccc1. The summed E-state index contributed by atoms with van der Waals surface area (Å²) in [5.41, 5.74) is -1.59. The van der Waals surface area contributed by atoms with Crippen LogP contribution >= 0.6 is 0 Å². The molecule has 0 atom stereocenters. The van der Waals surface area contributed by atoms with Gasteiger partial charge in [0, 0.05) is 5.56 Å². The Balaban J connectivity index is 3.44. The zero-order chi connectivity index (χ0) is 12.0. The van der Waals surface area contributed by atoms with Crippen molar-refractivity contribution in [3.8, 4) is 24.5 Å². The summed E-state index contributed by atoms with van der Waals surface area (Å²) in [6.45, 7) is 0. The summed E-state index contributed by atoms with van der Waals surface area (Å²) < 4.78 is 0. The van der Waals surface area contributed by atoms with Gasteiger partial charge in [0.15, 0.2) is 12.4 Å². The number of hydrogen-bond donors (Lipinski definition) is 0. The van der Waals surface area contributed by atoms with Gasteiger partial charge < -0.3 is 0 Å². The molecule has 0 amide bonds. The van der Waals surface area contributed by atoms with Crippen molar-refractivity contribution in [3.05, 3.63) is 35.9 Å². The highest BCUT2D eigenvalue weighted by atomic mass is 15.2. The van der Waals surface area contributed by atoms with Gasteiger partial charge in [-0.05, 0) is 0 Å². The highest BCUT2D eigenvalue weighted by molar-refractivity contribution is 5.41. The van der Waals surface area contributed by atoms with E-state index < -0.39 is 5.54 Å². The van der Waals surface area contributed by atoms with Crippen molar-refractivity contribution in [3.63, 3.8) is 0 Å². The van der Waals surface area contributed by atoms with Crippen LogP contribution in [-0.4, -0.2) is 4.90 Å². The highest BCUT2D eigenvalue weighted by Crippen LogP contribution is 2.26. The third-order valence-electron chi connectivity index (χ3n) is 2.05. The summed E-state index contributed by atoms with van der Waals surface area (Å²) in [4.78, 5) is 0.475. The van der Waals surface area contributed by atoms with Crippen LogP contribution in [0.4, 0.5) is 0 Å². The van der Waals surface area contributed by atoms with E-state index in [4.69, 9.17) is 21.0 Å². The Labute approximate surface area is 92.6 Å². The lowest BCUT2D eigenvalue weighted by molar-refractivity contribution is 0.388. The normalized spacial score (nSPS) is 9.00. The van der Waals surface area contributed by atoms with Crippen LogP contribution in [0.15, 0.2) is 30.3 Å². The van der Waals surface area contributed by atoms with E-state index in [2.05, 4.69) is 0 Å². The summed E-state index contributed by atoms with van der Waals surface area (Å²) >= 11 is 0. The highest BCUT2D eigenvalue weighted by Gasteiger charge is 2.40. The fourth-order valence-electron chi connectivity index (χ4n) is 1.23. The Morgan fingerprint density at radius 2 is 1.38 bits per heavy atom. The van der Waals surface area contributed by atoms with E-state index in [9.17, 15) is 0 Å². The molecule has 0 fully saturated rings. The molecule has 0 saturated carbocycles. The molecule has 74 valence electrons. The van der Waals surface area contributed by atoms with Crippen LogP contribution < -0.4 is 0 Å². The number of rotatable bonds is 2. The van der Waals surface area contributed by atoms with Gasteiger partial charge in [0.2, 0.25) is 0 Å². The summed E-state index contributed by atoms with van der Waals surface area (Å²) in [6.07, 6.45) is 3.04. The summed E-state index contributed by atoms with van der Waals surface area (Å²) in [6, 6.07) is 11.4. The quantitative estimate of drug-likeness (QED) is 0.535. The minimum Gasteiger partial charge on any atom is -0.194 e. The van der Waals surface area contributed by atoms with Crippen LogP contribution in [0.25, 0.3) is 0 Å². The number of nitriles is 4. The number of nitrogens with zero attached hydrogens (tertiary/aromatic N) is 5. The fourth-order valence-corrected chi connectivity index (χ4v) is 1.23. The van der Waals surface area contributed by atoms with Gasteiger partial charge in [-0.25, -0.2) is 0 Å². The molecular formula is C11H5N5. The largest absolute Gasteiger partial charge is 0.261 e. The van der Waals surface area contributed by atoms with Crippen LogP contribution in [-0.2, 0) is 5.54 Å². The molecule has 5 nitrogen and oxygen atoms in total. The van der Waals surface area contributed by atoms with Gasteiger partial charge in [-0.3, -0.25) is 0 Å². The van der Waals surface area contributed by atoms with Crippen molar-refractivity contribution < 1.29 is 0 Å². The lowest BCUT2D eigenvalue weighted by Crippen LogP contribution is -2.37. The molecule has 0 bridgehead atoms. The Hall–Kier alpha value is -3.02. The van der Waals surface area contributed by atoms with Crippen molar-refractivity contribution in [2.24, 2.45) is 0 Å². The van der Waals surface area contributed by atoms with Crippen LogP contribution in [0.2, 0.25) is 0 Å². The van der Waals surface area contributed by atoms with E-state index in [0.717, 1.165) is 0 Å². The van der Waals surface area contributed by atoms with E-state index in [0.29, 0.717) is 10.5 Å². The predicted octanol–water partition coefficient (Wildman–Crippen LogP) is 1.19. The summed E-state index contributed by atoms with van der Waals surface area (Å²) in [5.74, 6) is 0. The third-order valence-corrected chi connectivity index (χ3v) is 2.05. The first-order valence-corrected chi connectivity index (χ1v) is 4.23. The first-order valence-electron chi connectivity index (χ1n) is 4.23. The zero-order valence-corrected chi connectivity index (χ0v) is 8.12. The average Bonchev–Trinajstić information content (AvgIpc) is 2.37. The lowest BCUT2D eigenvalue weighted by atomic mass is 9.92. The topological polar surface area (TPSA) is 98.4 Å². The second-order valence-corrected chi connectivity index (χ2v) is 2.84. The van der Waals surface area contributed by atoms with Crippen molar-refractivity contribution in [2.45, 2.75) is 5.54 Å². The van der Waals surface area contributed by atoms with Crippen molar-refractivity contribution in [1.82, 2.24) is 4.90 Å². The molecule has 0 radical (unpaired) electrons. The Morgan fingerprint density at radius 3 is 1.75 bits per heavy atom. The van der Waals surface area contributed by atoms with Gasteiger partial charge in [-0.15, -0.1) is 0 Å². The first-order chi connectivity index (χ1) is 7.75. The summed E-state index contributed by atoms with van der Waals surface area (Å²) in [5, 5.41) is 35.6.